The molecule has 2 rings (SSSR count). The Morgan fingerprint density at radius 2 is 1.89 bits per heavy atom. The molecule has 0 bridgehead atoms. The molecule has 1 unspecified atom stereocenters. The van der Waals surface area contributed by atoms with Crippen molar-refractivity contribution in [1.82, 2.24) is 9.88 Å². The average molecular weight is 260 g/mol. The largest absolute Gasteiger partial charge is 0.373 e. The third-order valence-electron chi connectivity index (χ3n) is 3.05. The number of aromatic nitrogens is 1. The molecular weight excluding hydrogens is 244 g/mol. The molecule has 0 aliphatic rings. The van der Waals surface area contributed by atoms with E-state index in [0.717, 1.165) is 21.4 Å². The van der Waals surface area contributed by atoms with Crippen molar-refractivity contribution in [3.05, 3.63) is 36.0 Å². The number of aliphatic hydroxyl groups excluding tert-OH is 1. The lowest BCUT2D eigenvalue weighted by molar-refractivity contribution is -0.153. The molecular formula is C14H16N2O3. The van der Waals surface area contributed by atoms with Crippen molar-refractivity contribution >= 4 is 22.7 Å². The molecule has 5 heteroatoms. The fourth-order valence-electron chi connectivity index (χ4n) is 2.23. The number of carbonyl (C=O) groups is 2. The summed E-state index contributed by atoms with van der Waals surface area (Å²) < 4.78 is 0. The molecule has 2 aromatic rings. The SMILES string of the molecule is CC(=O)N(C(C)=O)C(O)Cc1c[nH]c2ccccc12. The van der Waals surface area contributed by atoms with E-state index in [-0.39, 0.29) is 6.42 Å². The van der Waals surface area contributed by atoms with Gasteiger partial charge in [0.1, 0.15) is 6.23 Å². The highest BCUT2D eigenvalue weighted by Gasteiger charge is 2.23. The molecule has 5 nitrogen and oxygen atoms in total. The number of carbonyl (C=O) groups excluding carboxylic acids is 2. The van der Waals surface area contributed by atoms with Gasteiger partial charge in [-0.25, -0.2) is 0 Å². The second-order valence-electron chi connectivity index (χ2n) is 4.45. The highest BCUT2D eigenvalue weighted by atomic mass is 16.3. The number of nitrogens with zero attached hydrogens (tertiary/aromatic N) is 1. The van der Waals surface area contributed by atoms with E-state index in [2.05, 4.69) is 4.98 Å². The van der Waals surface area contributed by atoms with E-state index in [0.29, 0.717) is 0 Å². The fourth-order valence-corrected chi connectivity index (χ4v) is 2.23. The Balaban J connectivity index is 2.25. The summed E-state index contributed by atoms with van der Waals surface area (Å²) in [7, 11) is 0. The summed E-state index contributed by atoms with van der Waals surface area (Å²) in [5.41, 5.74) is 1.83. The van der Waals surface area contributed by atoms with Crippen molar-refractivity contribution in [2.24, 2.45) is 0 Å². The second kappa shape index (κ2) is 5.24. The van der Waals surface area contributed by atoms with Crippen molar-refractivity contribution in [2.45, 2.75) is 26.5 Å². The van der Waals surface area contributed by atoms with Crippen molar-refractivity contribution in [1.29, 1.82) is 0 Å². The summed E-state index contributed by atoms with van der Waals surface area (Å²) in [4.78, 5) is 26.7. The zero-order chi connectivity index (χ0) is 14.0. The van der Waals surface area contributed by atoms with Gasteiger partial charge in [-0.2, -0.15) is 0 Å². The van der Waals surface area contributed by atoms with Gasteiger partial charge in [0.05, 0.1) is 0 Å². The molecule has 0 saturated heterocycles. The predicted molar refractivity (Wildman–Crippen MR) is 71.2 cm³/mol. The van der Waals surface area contributed by atoms with Gasteiger partial charge in [-0.15, -0.1) is 0 Å². The normalized spacial score (nSPS) is 12.4. The van der Waals surface area contributed by atoms with Gasteiger partial charge in [-0.1, -0.05) is 18.2 Å². The maximum absolute atomic E-state index is 11.4. The minimum absolute atomic E-state index is 0.211. The Labute approximate surface area is 110 Å². The summed E-state index contributed by atoms with van der Waals surface area (Å²) in [6.07, 6.45) is 0.851. The van der Waals surface area contributed by atoms with Crippen molar-refractivity contribution in [3.63, 3.8) is 0 Å². The van der Waals surface area contributed by atoms with Gasteiger partial charge >= 0.3 is 0 Å². The summed E-state index contributed by atoms with van der Waals surface area (Å²) in [6, 6.07) is 7.68. The minimum atomic E-state index is -1.14. The Bertz CT molecular complexity index is 604. The molecule has 2 N–H and O–H groups in total. The number of rotatable bonds is 3. The van der Waals surface area contributed by atoms with Crippen LogP contribution in [0.2, 0.25) is 0 Å². The number of hydrogen-bond acceptors (Lipinski definition) is 3. The lowest BCUT2D eigenvalue weighted by atomic mass is 10.1. The number of hydrogen-bond donors (Lipinski definition) is 2. The van der Waals surface area contributed by atoms with Crippen molar-refractivity contribution in [3.8, 4) is 0 Å². The van der Waals surface area contributed by atoms with Crippen LogP contribution in [0, 0.1) is 0 Å². The van der Waals surface area contributed by atoms with Crippen LogP contribution in [0.25, 0.3) is 10.9 Å². The monoisotopic (exact) mass is 260 g/mol. The number of aliphatic hydroxyl groups is 1. The number of nitrogens with one attached hydrogen (secondary N) is 1. The van der Waals surface area contributed by atoms with Gasteiger partial charge in [0, 0.05) is 37.4 Å². The standard InChI is InChI=1S/C14H16N2O3/c1-9(17)16(10(2)18)14(19)7-11-8-15-13-6-4-3-5-12(11)13/h3-6,8,14-15,19H,7H2,1-2H3. The Kier molecular flexibility index (Phi) is 3.66. The number of amides is 2. The van der Waals surface area contributed by atoms with Crippen molar-refractivity contribution < 1.29 is 14.7 Å². The van der Waals surface area contributed by atoms with E-state index < -0.39 is 18.0 Å². The average Bonchev–Trinajstić information content (AvgIpc) is 2.72. The molecule has 0 fully saturated rings. The predicted octanol–water partition coefficient (Wildman–Crippen LogP) is 1.42. The van der Waals surface area contributed by atoms with Crippen LogP contribution >= 0.6 is 0 Å². The van der Waals surface area contributed by atoms with Crippen LogP contribution in [-0.4, -0.2) is 33.0 Å². The Hall–Kier alpha value is -2.14. The van der Waals surface area contributed by atoms with Crippen LogP contribution in [-0.2, 0) is 16.0 Å². The molecule has 100 valence electrons. The number of benzene rings is 1. The topological polar surface area (TPSA) is 73.4 Å². The Morgan fingerprint density at radius 3 is 2.53 bits per heavy atom. The van der Waals surface area contributed by atoms with Crippen LogP contribution in [0.5, 0.6) is 0 Å². The zero-order valence-electron chi connectivity index (χ0n) is 10.9. The quantitative estimate of drug-likeness (QED) is 0.820. The van der Waals surface area contributed by atoms with Crippen molar-refractivity contribution in [2.75, 3.05) is 0 Å². The molecule has 1 heterocycles. The number of para-hydroxylation sites is 1. The second-order valence-corrected chi connectivity index (χ2v) is 4.45. The van der Waals surface area contributed by atoms with E-state index >= 15 is 0 Å². The van der Waals surface area contributed by atoms with Gasteiger partial charge in [-0.05, 0) is 11.6 Å². The first kappa shape index (κ1) is 13.3. The number of fused-ring (bicyclic) bond motifs is 1. The van der Waals surface area contributed by atoms with E-state index in [1.807, 2.05) is 24.3 Å². The summed E-state index contributed by atoms with van der Waals surface area (Å²) in [5.74, 6) is -0.917. The van der Waals surface area contributed by atoms with E-state index in [4.69, 9.17) is 0 Å². The van der Waals surface area contributed by atoms with E-state index in [1.54, 1.807) is 6.20 Å². The molecule has 1 aromatic heterocycles. The molecule has 1 atom stereocenters. The lowest BCUT2D eigenvalue weighted by Crippen LogP contribution is -2.43. The van der Waals surface area contributed by atoms with Gasteiger partial charge in [0.2, 0.25) is 11.8 Å². The first-order valence-electron chi connectivity index (χ1n) is 6.04. The third-order valence-corrected chi connectivity index (χ3v) is 3.05. The van der Waals surface area contributed by atoms with Gasteiger partial charge in [0.15, 0.2) is 0 Å². The maximum Gasteiger partial charge on any atom is 0.228 e. The highest BCUT2D eigenvalue weighted by Crippen LogP contribution is 2.20. The first-order chi connectivity index (χ1) is 9.00. The fraction of sp³-hybridized carbons (Fsp3) is 0.286. The molecule has 0 radical (unpaired) electrons. The summed E-state index contributed by atoms with van der Waals surface area (Å²) in [6.45, 7) is 2.53. The Morgan fingerprint density at radius 1 is 1.26 bits per heavy atom. The molecule has 0 saturated carbocycles. The minimum Gasteiger partial charge on any atom is -0.373 e. The number of aromatic amines is 1. The van der Waals surface area contributed by atoms with Crippen LogP contribution in [0.1, 0.15) is 19.4 Å². The van der Waals surface area contributed by atoms with Crippen LogP contribution < -0.4 is 0 Å². The lowest BCUT2D eigenvalue weighted by Gasteiger charge is -2.23. The van der Waals surface area contributed by atoms with Crippen LogP contribution in [0.4, 0.5) is 0 Å². The summed E-state index contributed by atoms with van der Waals surface area (Å²) >= 11 is 0. The number of imide groups is 1. The van der Waals surface area contributed by atoms with Gasteiger partial charge < -0.3 is 10.1 Å². The molecule has 0 aliphatic carbocycles. The molecule has 1 aromatic carbocycles. The van der Waals surface area contributed by atoms with Crippen LogP contribution in [0.3, 0.4) is 0 Å². The van der Waals surface area contributed by atoms with E-state index in [9.17, 15) is 14.7 Å². The molecule has 2 amide bonds. The van der Waals surface area contributed by atoms with Crippen LogP contribution in [0.15, 0.2) is 30.5 Å². The number of H-pyrrole nitrogens is 1. The third kappa shape index (κ3) is 2.66. The molecule has 0 spiro atoms. The van der Waals surface area contributed by atoms with Gasteiger partial charge in [0.25, 0.3) is 0 Å². The highest BCUT2D eigenvalue weighted by molar-refractivity contribution is 5.93. The van der Waals surface area contributed by atoms with E-state index in [1.165, 1.54) is 13.8 Å². The molecule has 19 heavy (non-hydrogen) atoms. The summed E-state index contributed by atoms with van der Waals surface area (Å²) in [5, 5.41) is 11.0. The first-order valence-corrected chi connectivity index (χ1v) is 6.04. The molecule has 0 aliphatic heterocycles. The zero-order valence-corrected chi connectivity index (χ0v) is 10.9. The smallest absolute Gasteiger partial charge is 0.228 e. The van der Waals surface area contributed by atoms with Gasteiger partial charge in [-0.3, -0.25) is 14.5 Å². The maximum atomic E-state index is 11.4.